The number of hydrogen-bond acceptors (Lipinski definition) is 3. The van der Waals surface area contributed by atoms with Gasteiger partial charge in [0.05, 0.1) is 6.61 Å². The van der Waals surface area contributed by atoms with Crippen LogP contribution >= 0.6 is 15.9 Å². The molecule has 0 bridgehead atoms. The number of pyridine rings is 1. The van der Waals surface area contributed by atoms with Gasteiger partial charge in [0.15, 0.2) is 0 Å². The minimum atomic E-state index is -0.328. The Morgan fingerprint density at radius 1 is 1.33 bits per heavy atom. The highest BCUT2D eigenvalue weighted by molar-refractivity contribution is 9.10. The summed E-state index contributed by atoms with van der Waals surface area (Å²) in [5, 5.41) is 0. The summed E-state index contributed by atoms with van der Waals surface area (Å²) in [7, 11) is 0. The summed E-state index contributed by atoms with van der Waals surface area (Å²) in [6.07, 6.45) is 7.62. The number of nitrogens with zero attached hydrogens (tertiary/aromatic N) is 1. The Labute approximate surface area is 132 Å². The summed E-state index contributed by atoms with van der Waals surface area (Å²) < 4.78 is 5.85. The Hall–Kier alpha value is -1.94. The lowest BCUT2D eigenvalue weighted by Crippen LogP contribution is -1.98. The van der Waals surface area contributed by atoms with E-state index in [2.05, 4.69) is 27.0 Å². The fourth-order valence-corrected chi connectivity index (χ4v) is 2.53. The number of benzene rings is 1. The van der Waals surface area contributed by atoms with Gasteiger partial charge in [-0.2, -0.15) is 0 Å². The van der Waals surface area contributed by atoms with Crippen molar-refractivity contribution in [3.05, 3.63) is 70.0 Å². The molecule has 0 spiro atoms. The molecule has 0 atom stereocenters. The predicted octanol–water partition coefficient (Wildman–Crippen LogP) is 4.01. The minimum absolute atomic E-state index is 0.328. The Morgan fingerprint density at radius 2 is 2.19 bits per heavy atom. The fraction of sp³-hybridized carbons (Fsp3) is 0.176. The van der Waals surface area contributed by atoms with Crippen molar-refractivity contribution in [2.75, 3.05) is 6.61 Å². The maximum Gasteiger partial charge on any atom is 0.330 e. The van der Waals surface area contributed by atoms with Gasteiger partial charge >= 0.3 is 5.97 Å². The van der Waals surface area contributed by atoms with Crippen LogP contribution in [-0.4, -0.2) is 17.6 Å². The Kier molecular flexibility index (Phi) is 5.69. The lowest BCUT2D eigenvalue weighted by Gasteiger charge is -2.05. The van der Waals surface area contributed by atoms with Crippen LogP contribution in [0.5, 0.6) is 0 Å². The topological polar surface area (TPSA) is 39.2 Å². The number of carbonyl (C=O) groups is 1. The van der Waals surface area contributed by atoms with Crippen LogP contribution in [0, 0.1) is 0 Å². The molecular weight excluding hydrogens is 330 g/mol. The van der Waals surface area contributed by atoms with E-state index in [9.17, 15) is 4.79 Å². The third-order valence-corrected chi connectivity index (χ3v) is 3.27. The molecule has 0 aliphatic carbocycles. The van der Waals surface area contributed by atoms with Gasteiger partial charge in [-0.3, -0.25) is 4.98 Å². The second kappa shape index (κ2) is 7.74. The predicted molar refractivity (Wildman–Crippen MR) is 86.9 cm³/mol. The second-order valence-electron chi connectivity index (χ2n) is 4.52. The number of ether oxygens (including phenoxy) is 1. The lowest BCUT2D eigenvalue weighted by atomic mass is 10.0. The van der Waals surface area contributed by atoms with Gasteiger partial charge in [-0.1, -0.05) is 28.1 Å². The molecule has 3 nitrogen and oxygen atoms in total. The highest BCUT2D eigenvalue weighted by Gasteiger charge is 2.01. The number of rotatable bonds is 5. The summed E-state index contributed by atoms with van der Waals surface area (Å²) in [6, 6.07) is 10.0. The second-order valence-corrected chi connectivity index (χ2v) is 5.43. The van der Waals surface area contributed by atoms with Crippen molar-refractivity contribution in [2.24, 2.45) is 0 Å². The molecule has 2 rings (SSSR count). The summed E-state index contributed by atoms with van der Waals surface area (Å²) >= 11 is 3.50. The minimum Gasteiger partial charge on any atom is -0.463 e. The van der Waals surface area contributed by atoms with Crippen LogP contribution in [0.1, 0.15) is 23.6 Å². The van der Waals surface area contributed by atoms with Crippen LogP contribution < -0.4 is 0 Å². The van der Waals surface area contributed by atoms with Gasteiger partial charge in [0, 0.05) is 22.9 Å². The number of halogens is 1. The van der Waals surface area contributed by atoms with Crippen LogP contribution in [0.3, 0.4) is 0 Å². The summed E-state index contributed by atoms with van der Waals surface area (Å²) in [4.78, 5) is 15.5. The van der Waals surface area contributed by atoms with E-state index in [0.29, 0.717) is 6.61 Å². The van der Waals surface area contributed by atoms with Crippen molar-refractivity contribution in [1.29, 1.82) is 0 Å². The molecule has 0 aliphatic heterocycles. The molecule has 21 heavy (non-hydrogen) atoms. The molecule has 0 saturated heterocycles. The van der Waals surface area contributed by atoms with E-state index in [-0.39, 0.29) is 5.97 Å². The molecule has 108 valence electrons. The molecular formula is C17H16BrNO2. The number of esters is 1. The highest BCUT2D eigenvalue weighted by Crippen LogP contribution is 2.19. The standard InChI is InChI=1S/C17H16BrNO2/c1-2-21-17(20)6-5-13-8-15(11-16(18)10-13)9-14-4-3-7-19-12-14/h3-8,10-12H,2,9H2,1H3/b6-5+. The third-order valence-electron chi connectivity index (χ3n) is 2.81. The Bertz CT molecular complexity index is 638. The monoisotopic (exact) mass is 345 g/mol. The average molecular weight is 346 g/mol. The van der Waals surface area contributed by atoms with Gasteiger partial charge in [0.2, 0.25) is 0 Å². The molecule has 0 amide bonds. The van der Waals surface area contributed by atoms with Crippen molar-refractivity contribution in [3.8, 4) is 0 Å². The van der Waals surface area contributed by atoms with Crippen molar-refractivity contribution in [2.45, 2.75) is 13.3 Å². The van der Waals surface area contributed by atoms with Gasteiger partial charge in [-0.15, -0.1) is 0 Å². The van der Waals surface area contributed by atoms with Gasteiger partial charge in [0.1, 0.15) is 0 Å². The molecule has 0 aliphatic rings. The smallest absolute Gasteiger partial charge is 0.330 e. The highest BCUT2D eigenvalue weighted by atomic mass is 79.9. The molecule has 0 unspecified atom stereocenters. The van der Waals surface area contributed by atoms with E-state index in [4.69, 9.17) is 4.74 Å². The maximum absolute atomic E-state index is 11.3. The van der Waals surface area contributed by atoms with Crippen molar-refractivity contribution < 1.29 is 9.53 Å². The number of aromatic nitrogens is 1. The molecule has 0 N–H and O–H groups in total. The van der Waals surface area contributed by atoms with Crippen LogP contribution in [0.15, 0.2) is 53.3 Å². The van der Waals surface area contributed by atoms with E-state index in [0.717, 1.165) is 27.6 Å². The first-order valence-electron chi connectivity index (χ1n) is 6.70. The van der Waals surface area contributed by atoms with Gasteiger partial charge < -0.3 is 4.74 Å². The van der Waals surface area contributed by atoms with Crippen molar-refractivity contribution in [3.63, 3.8) is 0 Å². The van der Waals surface area contributed by atoms with E-state index >= 15 is 0 Å². The van der Waals surface area contributed by atoms with Crippen LogP contribution in [-0.2, 0) is 16.0 Å². The van der Waals surface area contributed by atoms with Gasteiger partial charge in [-0.05, 0) is 54.3 Å². The summed E-state index contributed by atoms with van der Waals surface area (Å²) in [6.45, 7) is 2.17. The van der Waals surface area contributed by atoms with E-state index < -0.39 is 0 Å². The van der Waals surface area contributed by atoms with Gasteiger partial charge in [0.25, 0.3) is 0 Å². The third kappa shape index (κ3) is 5.16. The van der Waals surface area contributed by atoms with Gasteiger partial charge in [-0.25, -0.2) is 4.79 Å². The molecule has 4 heteroatoms. The molecule has 1 aromatic carbocycles. The molecule has 0 saturated carbocycles. The van der Waals surface area contributed by atoms with Crippen molar-refractivity contribution in [1.82, 2.24) is 4.98 Å². The van der Waals surface area contributed by atoms with Crippen LogP contribution in [0.4, 0.5) is 0 Å². The zero-order chi connectivity index (χ0) is 15.1. The Morgan fingerprint density at radius 3 is 2.90 bits per heavy atom. The first kappa shape index (κ1) is 15.4. The van der Waals surface area contributed by atoms with Crippen LogP contribution in [0.25, 0.3) is 6.08 Å². The summed E-state index contributed by atoms with van der Waals surface area (Å²) in [5.74, 6) is -0.328. The SMILES string of the molecule is CCOC(=O)/C=C/c1cc(Br)cc(Cc2cccnc2)c1. The molecule has 1 aromatic heterocycles. The van der Waals surface area contributed by atoms with E-state index in [1.807, 2.05) is 30.5 Å². The number of carbonyl (C=O) groups excluding carboxylic acids is 1. The van der Waals surface area contributed by atoms with E-state index in [1.54, 1.807) is 19.2 Å². The number of hydrogen-bond donors (Lipinski definition) is 0. The molecule has 1 heterocycles. The van der Waals surface area contributed by atoms with E-state index in [1.165, 1.54) is 6.08 Å². The quantitative estimate of drug-likeness (QED) is 0.607. The lowest BCUT2D eigenvalue weighted by molar-refractivity contribution is -0.137. The fourth-order valence-electron chi connectivity index (χ4n) is 1.97. The first-order valence-corrected chi connectivity index (χ1v) is 7.50. The average Bonchev–Trinajstić information content (AvgIpc) is 2.46. The first-order chi connectivity index (χ1) is 10.2. The zero-order valence-corrected chi connectivity index (χ0v) is 13.3. The Balaban J connectivity index is 2.15. The molecule has 0 fully saturated rings. The maximum atomic E-state index is 11.3. The zero-order valence-electron chi connectivity index (χ0n) is 11.8. The summed E-state index contributed by atoms with van der Waals surface area (Å²) in [5.41, 5.74) is 3.26. The van der Waals surface area contributed by atoms with Crippen molar-refractivity contribution >= 4 is 28.0 Å². The normalized spacial score (nSPS) is 10.8. The molecule has 2 aromatic rings. The van der Waals surface area contributed by atoms with Crippen LogP contribution in [0.2, 0.25) is 0 Å². The molecule has 0 radical (unpaired) electrons. The largest absolute Gasteiger partial charge is 0.463 e.